The van der Waals surface area contributed by atoms with Crippen LogP contribution in [-0.4, -0.2) is 66.1 Å². The number of piperidine rings is 1. The van der Waals surface area contributed by atoms with Gasteiger partial charge in [-0.15, -0.1) is 0 Å². The lowest BCUT2D eigenvalue weighted by Crippen LogP contribution is -2.31. The zero-order valence-corrected chi connectivity index (χ0v) is 20.3. The van der Waals surface area contributed by atoms with Gasteiger partial charge >= 0.3 is 0 Å². The number of amides is 2. The van der Waals surface area contributed by atoms with Crippen molar-refractivity contribution in [1.29, 1.82) is 0 Å². The Morgan fingerprint density at radius 2 is 1.89 bits per heavy atom. The Balaban J connectivity index is 0.000000201. The van der Waals surface area contributed by atoms with Gasteiger partial charge in [-0.05, 0) is 56.4 Å². The van der Waals surface area contributed by atoms with Gasteiger partial charge in [0.15, 0.2) is 11.5 Å². The monoisotopic (exact) mass is 480 g/mol. The number of benzene rings is 1. The van der Waals surface area contributed by atoms with Crippen LogP contribution in [0.4, 0.5) is 0 Å². The highest BCUT2D eigenvalue weighted by molar-refractivity contribution is 5.80. The van der Waals surface area contributed by atoms with Crippen molar-refractivity contribution in [3.8, 4) is 22.9 Å². The van der Waals surface area contributed by atoms with E-state index in [0.29, 0.717) is 23.2 Å². The Labute approximate surface area is 205 Å². The van der Waals surface area contributed by atoms with E-state index in [2.05, 4.69) is 28.4 Å². The first-order valence-electron chi connectivity index (χ1n) is 12.1. The summed E-state index contributed by atoms with van der Waals surface area (Å²) < 4.78 is 15.9. The van der Waals surface area contributed by atoms with Crippen LogP contribution in [0.3, 0.4) is 0 Å². The number of hydrogen-bond acceptors (Lipinski definition) is 7. The highest BCUT2D eigenvalue weighted by Crippen LogP contribution is 2.33. The van der Waals surface area contributed by atoms with E-state index in [1.54, 1.807) is 19.1 Å². The van der Waals surface area contributed by atoms with E-state index >= 15 is 0 Å². The number of carbonyl (C=O) groups excluding carboxylic acids is 2. The summed E-state index contributed by atoms with van der Waals surface area (Å²) in [4.78, 5) is 30.3. The average Bonchev–Trinajstić information content (AvgIpc) is 3.59. The molecule has 186 valence electrons. The van der Waals surface area contributed by atoms with Crippen LogP contribution in [-0.2, 0) is 9.59 Å². The van der Waals surface area contributed by atoms with E-state index in [9.17, 15) is 9.59 Å². The molecule has 3 aliphatic rings. The van der Waals surface area contributed by atoms with Gasteiger partial charge < -0.3 is 23.8 Å². The molecule has 9 heteroatoms. The van der Waals surface area contributed by atoms with Crippen LogP contribution in [0.2, 0.25) is 0 Å². The minimum absolute atomic E-state index is 0.201. The third-order valence-electron chi connectivity index (χ3n) is 6.47. The molecule has 5 rings (SSSR count). The third kappa shape index (κ3) is 5.90. The van der Waals surface area contributed by atoms with Crippen LogP contribution in [0.1, 0.15) is 50.3 Å². The molecule has 2 amide bonds. The number of nitrogens with zero attached hydrogens (tertiary/aromatic N) is 4. The average molecular weight is 481 g/mol. The second-order valence-electron chi connectivity index (χ2n) is 8.70. The van der Waals surface area contributed by atoms with Crippen molar-refractivity contribution in [2.75, 3.05) is 33.9 Å². The third-order valence-corrected chi connectivity index (χ3v) is 6.47. The standard InChI is InChI=1S/C16H19N3O4.C10H13NO/c1-21-13-4-3-12(9-14(13)22-2)15-17-16(23-18-15)11-5-7-19(10-20)8-6-11;12-10-7-4-8-11(10)9-5-2-1-3-6-9/h3-4,9-11H,5-8H2,1-2H3;2,5-6H,1,3-4,7-8H2. The molecule has 9 nitrogen and oxygen atoms in total. The lowest BCUT2D eigenvalue weighted by Gasteiger charge is -2.26. The van der Waals surface area contributed by atoms with Gasteiger partial charge in [0.1, 0.15) is 0 Å². The van der Waals surface area contributed by atoms with E-state index in [-0.39, 0.29) is 11.8 Å². The number of methoxy groups -OCH3 is 2. The number of hydrogen-bond donors (Lipinski definition) is 0. The molecule has 1 aromatic carbocycles. The number of allylic oxidation sites excluding steroid dienone is 3. The first kappa shape index (κ1) is 24.5. The summed E-state index contributed by atoms with van der Waals surface area (Å²) in [6.45, 7) is 2.36. The Morgan fingerprint density at radius 3 is 2.51 bits per heavy atom. The Hall–Kier alpha value is -3.62. The summed E-state index contributed by atoms with van der Waals surface area (Å²) >= 11 is 0. The van der Waals surface area contributed by atoms with Crippen molar-refractivity contribution < 1.29 is 23.6 Å². The highest BCUT2D eigenvalue weighted by atomic mass is 16.5. The van der Waals surface area contributed by atoms with Gasteiger partial charge in [0.05, 0.1) is 14.2 Å². The molecule has 2 fully saturated rings. The first-order chi connectivity index (χ1) is 17.1. The quantitative estimate of drug-likeness (QED) is 0.578. The zero-order chi connectivity index (χ0) is 24.6. The molecule has 2 aliphatic heterocycles. The predicted molar refractivity (Wildman–Crippen MR) is 130 cm³/mol. The molecule has 0 radical (unpaired) electrons. The Morgan fingerprint density at radius 1 is 1.09 bits per heavy atom. The summed E-state index contributed by atoms with van der Waals surface area (Å²) in [5.41, 5.74) is 1.92. The normalized spacial score (nSPS) is 18.1. The molecule has 0 spiro atoms. The SMILES string of the molecule is COc1ccc(-c2noc(C3CCN(C=O)CC3)n2)cc1OC.O=C1CCCN1C1=CCCC=C1. The van der Waals surface area contributed by atoms with Gasteiger partial charge in [0.25, 0.3) is 0 Å². The molecule has 1 aromatic heterocycles. The summed E-state index contributed by atoms with van der Waals surface area (Å²) in [7, 11) is 3.18. The molecule has 3 heterocycles. The van der Waals surface area contributed by atoms with Crippen LogP contribution < -0.4 is 9.47 Å². The lowest BCUT2D eigenvalue weighted by molar-refractivity contribution is -0.126. The van der Waals surface area contributed by atoms with Crippen LogP contribution in [0.25, 0.3) is 11.4 Å². The lowest BCUT2D eigenvalue weighted by atomic mass is 9.97. The summed E-state index contributed by atoms with van der Waals surface area (Å²) in [5, 5.41) is 4.07. The molecule has 0 bridgehead atoms. The minimum atomic E-state index is 0.201. The first-order valence-corrected chi connectivity index (χ1v) is 12.1. The van der Waals surface area contributed by atoms with Crippen LogP contribution >= 0.6 is 0 Å². The van der Waals surface area contributed by atoms with Crippen LogP contribution in [0.5, 0.6) is 11.5 Å². The van der Waals surface area contributed by atoms with Crippen molar-refractivity contribution in [2.45, 2.75) is 44.4 Å². The van der Waals surface area contributed by atoms with Crippen LogP contribution in [0, 0.1) is 0 Å². The largest absolute Gasteiger partial charge is 0.493 e. The van der Waals surface area contributed by atoms with Crippen LogP contribution in [0.15, 0.2) is 46.6 Å². The van der Waals surface area contributed by atoms with E-state index in [0.717, 1.165) is 75.8 Å². The molecule has 0 atom stereocenters. The fourth-order valence-electron chi connectivity index (χ4n) is 4.47. The van der Waals surface area contributed by atoms with E-state index in [1.165, 1.54) is 0 Å². The van der Waals surface area contributed by atoms with E-state index in [1.807, 2.05) is 23.1 Å². The smallest absolute Gasteiger partial charge is 0.230 e. The summed E-state index contributed by atoms with van der Waals surface area (Å²) in [6, 6.07) is 5.50. The van der Waals surface area contributed by atoms with Gasteiger partial charge in [-0.25, -0.2) is 0 Å². The van der Waals surface area contributed by atoms with Crippen molar-refractivity contribution in [2.24, 2.45) is 0 Å². The number of rotatable bonds is 6. The molecule has 0 unspecified atom stereocenters. The van der Waals surface area contributed by atoms with Gasteiger partial charge in [-0.3, -0.25) is 9.59 Å². The van der Waals surface area contributed by atoms with Crippen molar-refractivity contribution in [3.05, 3.63) is 48.0 Å². The molecule has 2 saturated heterocycles. The Bertz CT molecular complexity index is 1090. The maximum absolute atomic E-state index is 11.3. The maximum Gasteiger partial charge on any atom is 0.230 e. The molecule has 2 aromatic rings. The maximum atomic E-state index is 11.3. The number of likely N-dealkylation sites (tertiary alicyclic amines) is 2. The summed E-state index contributed by atoms with van der Waals surface area (Å²) in [5.74, 6) is 2.91. The van der Waals surface area contributed by atoms with Gasteiger partial charge in [0.2, 0.25) is 24.0 Å². The van der Waals surface area contributed by atoms with Crippen molar-refractivity contribution >= 4 is 12.3 Å². The second-order valence-corrected chi connectivity index (χ2v) is 8.70. The van der Waals surface area contributed by atoms with Gasteiger partial charge in [-0.2, -0.15) is 4.98 Å². The van der Waals surface area contributed by atoms with Crippen molar-refractivity contribution in [1.82, 2.24) is 19.9 Å². The molecular formula is C26H32N4O5. The van der Waals surface area contributed by atoms with E-state index < -0.39 is 0 Å². The number of aromatic nitrogens is 2. The molecule has 1 aliphatic carbocycles. The minimum Gasteiger partial charge on any atom is -0.493 e. The van der Waals surface area contributed by atoms with Gasteiger partial charge in [0, 0.05) is 43.2 Å². The molecular weight excluding hydrogens is 448 g/mol. The highest BCUT2D eigenvalue weighted by Gasteiger charge is 2.25. The number of carbonyl (C=O) groups is 2. The second kappa shape index (κ2) is 11.7. The fraction of sp³-hybridized carbons (Fsp3) is 0.462. The van der Waals surface area contributed by atoms with Gasteiger partial charge in [-0.1, -0.05) is 17.3 Å². The summed E-state index contributed by atoms with van der Waals surface area (Å²) in [6.07, 6.45) is 12.9. The molecule has 35 heavy (non-hydrogen) atoms. The zero-order valence-electron chi connectivity index (χ0n) is 20.3. The molecule has 0 N–H and O–H groups in total. The molecule has 0 saturated carbocycles. The van der Waals surface area contributed by atoms with E-state index in [4.69, 9.17) is 14.0 Å². The topological polar surface area (TPSA) is 98.0 Å². The number of ether oxygens (including phenoxy) is 2. The Kier molecular flexibility index (Phi) is 8.18. The fourth-order valence-corrected chi connectivity index (χ4v) is 4.47. The predicted octanol–water partition coefficient (Wildman–Crippen LogP) is 3.93. The van der Waals surface area contributed by atoms with Crippen molar-refractivity contribution in [3.63, 3.8) is 0 Å².